The summed E-state index contributed by atoms with van der Waals surface area (Å²) in [5.41, 5.74) is 3.07. The van der Waals surface area contributed by atoms with Crippen LogP contribution in [0.1, 0.15) is 25.0 Å². The topological polar surface area (TPSA) is 67.9 Å². The fourth-order valence-corrected chi connectivity index (χ4v) is 3.81. The number of methoxy groups -OCH3 is 1. The first kappa shape index (κ1) is 22.1. The quantitative estimate of drug-likeness (QED) is 0.510. The van der Waals surface area contributed by atoms with Crippen molar-refractivity contribution in [1.82, 2.24) is 0 Å². The molecule has 0 unspecified atom stereocenters. The van der Waals surface area contributed by atoms with E-state index in [0.717, 1.165) is 11.3 Å². The maximum absolute atomic E-state index is 13.6. The lowest BCUT2D eigenvalue weighted by Crippen LogP contribution is -2.33. The summed E-state index contributed by atoms with van der Waals surface area (Å²) < 4.78 is 11.2. The second kappa shape index (κ2) is 9.20. The van der Waals surface area contributed by atoms with Crippen LogP contribution in [0.15, 0.2) is 78.5 Å². The molecule has 1 N–H and O–H groups in total. The number of hydrogen-bond donors (Lipinski definition) is 1. The van der Waals surface area contributed by atoms with Crippen LogP contribution >= 0.6 is 0 Å². The molecular formula is C27H26N2O4. The Kier molecular flexibility index (Phi) is 6.18. The Morgan fingerprint density at radius 1 is 0.848 bits per heavy atom. The maximum atomic E-state index is 13.6. The van der Waals surface area contributed by atoms with Gasteiger partial charge in [0.25, 0.3) is 11.8 Å². The van der Waals surface area contributed by atoms with Crippen LogP contribution in [0.25, 0.3) is 5.57 Å². The first-order valence-electron chi connectivity index (χ1n) is 10.8. The standard InChI is InChI=1S/C27H26N2O4/c1-17(2)33-20-15-13-19(14-16-20)28-25-24(21-10-6-8-12-23(21)32-4)26(30)29(27(25)31)22-11-7-5-9-18(22)3/h5-17,28H,1-4H3. The highest BCUT2D eigenvalue weighted by atomic mass is 16.5. The van der Waals surface area contributed by atoms with Gasteiger partial charge < -0.3 is 14.8 Å². The van der Waals surface area contributed by atoms with Crippen molar-refractivity contribution in [3.63, 3.8) is 0 Å². The number of imide groups is 1. The molecule has 0 spiro atoms. The van der Waals surface area contributed by atoms with Gasteiger partial charge in [0.15, 0.2) is 0 Å². The molecular weight excluding hydrogens is 416 g/mol. The highest BCUT2D eigenvalue weighted by molar-refractivity contribution is 6.46. The number of rotatable bonds is 7. The van der Waals surface area contributed by atoms with Crippen LogP contribution in [0.5, 0.6) is 11.5 Å². The van der Waals surface area contributed by atoms with Crippen molar-refractivity contribution < 1.29 is 19.1 Å². The molecule has 4 rings (SSSR count). The lowest BCUT2D eigenvalue weighted by atomic mass is 10.0. The Hall–Kier alpha value is -4.06. The van der Waals surface area contributed by atoms with Gasteiger partial charge in [-0.1, -0.05) is 36.4 Å². The summed E-state index contributed by atoms with van der Waals surface area (Å²) in [5.74, 6) is 0.420. The Labute approximate surface area is 193 Å². The van der Waals surface area contributed by atoms with E-state index in [1.807, 2.05) is 75.4 Å². The zero-order valence-corrected chi connectivity index (χ0v) is 19.1. The number of carbonyl (C=O) groups excluding carboxylic acids is 2. The average molecular weight is 443 g/mol. The van der Waals surface area contributed by atoms with Gasteiger partial charge >= 0.3 is 0 Å². The van der Waals surface area contributed by atoms with Crippen LogP contribution in [0, 0.1) is 6.92 Å². The molecule has 168 valence electrons. The van der Waals surface area contributed by atoms with Crippen LogP contribution in [0.2, 0.25) is 0 Å². The van der Waals surface area contributed by atoms with Crippen molar-refractivity contribution in [3.8, 4) is 11.5 Å². The van der Waals surface area contributed by atoms with Crippen molar-refractivity contribution in [2.24, 2.45) is 0 Å². The maximum Gasteiger partial charge on any atom is 0.282 e. The van der Waals surface area contributed by atoms with Crippen molar-refractivity contribution in [3.05, 3.63) is 89.6 Å². The molecule has 0 saturated carbocycles. The average Bonchev–Trinajstić information content (AvgIpc) is 3.04. The molecule has 0 saturated heterocycles. The molecule has 33 heavy (non-hydrogen) atoms. The van der Waals surface area contributed by atoms with Crippen molar-refractivity contribution >= 4 is 28.8 Å². The highest BCUT2D eigenvalue weighted by Gasteiger charge is 2.41. The zero-order chi connectivity index (χ0) is 23.5. The predicted octanol–water partition coefficient (Wildman–Crippen LogP) is 5.19. The van der Waals surface area contributed by atoms with Gasteiger partial charge in [0.1, 0.15) is 17.2 Å². The van der Waals surface area contributed by atoms with E-state index in [1.54, 1.807) is 25.3 Å². The molecule has 0 aliphatic carbocycles. The van der Waals surface area contributed by atoms with Crippen LogP contribution < -0.4 is 19.7 Å². The molecule has 0 aromatic heterocycles. The van der Waals surface area contributed by atoms with Crippen molar-refractivity contribution in [1.29, 1.82) is 0 Å². The molecule has 3 aromatic rings. The summed E-state index contributed by atoms with van der Waals surface area (Å²) in [6, 6.07) is 21.8. The predicted molar refractivity (Wildman–Crippen MR) is 129 cm³/mol. The van der Waals surface area contributed by atoms with E-state index in [1.165, 1.54) is 4.90 Å². The summed E-state index contributed by atoms with van der Waals surface area (Å²) >= 11 is 0. The summed E-state index contributed by atoms with van der Waals surface area (Å²) in [7, 11) is 1.54. The number of para-hydroxylation sites is 2. The van der Waals surface area contributed by atoms with E-state index in [0.29, 0.717) is 22.7 Å². The fraction of sp³-hybridized carbons (Fsp3) is 0.185. The molecule has 6 nitrogen and oxygen atoms in total. The Morgan fingerprint density at radius 3 is 2.18 bits per heavy atom. The highest BCUT2D eigenvalue weighted by Crippen LogP contribution is 2.38. The monoisotopic (exact) mass is 442 g/mol. The molecule has 0 radical (unpaired) electrons. The van der Waals surface area contributed by atoms with Gasteiger partial charge in [-0.05, 0) is 62.7 Å². The lowest BCUT2D eigenvalue weighted by molar-refractivity contribution is -0.120. The second-order valence-corrected chi connectivity index (χ2v) is 8.00. The smallest absolute Gasteiger partial charge is 0.282 e. The van der Waals surface area contributed by atoms with Gasteiger partial charge in [0.05, 0.1) is 24.5 Å². The van der Waals surface area contributed by atoms with E-state index in [9.17, 15) is 9.59 Å². The third kappa shape index (κ3) is 4.32. The van der Waals surface area contributed by atoms with Crippen molar-refractivity contribution in [2.75, 3.05) is 17.3 Å². The molecule has 1 heterocycles. The van der Waals surface area contributed by atoms with E-state index in [-0.39, 0.29) is 17.4 Å². The number of nitrogens with one attached hydrogen (secondary N) is 1. The zero-order valence-electron chi connectivity index (χ0n) is 19.1. The van der Waals surface area contributed by atoms with E-state index in [2.05, 4.69) is 5.32 Å². The number of amides is 2. The third-order valence-electron chi connectivity index (χ3n) is 5.31. The van der Waals surface area contributed by atoms with Gasteiger partial charge in [0, 0.05) is 11.3 Å². The lowest BCUT2D eigenvalue weighted by Gasteiger charge is -2.18. The normalized spacial score (nSPS) is 13.7. The number of anilines is 2. The molecule has 0 atom stereocenters. The fourth-order valence-electron chi connectivity index (χ4n) is 3.81. The summed E-state index contributed by atoms with van der Waals surface area (Å²) in [5, 5.41) is 3.18. The van der Waals surface area contributed by atoms with Crippen LogP contribution in [-0.2, 0) is 9.59 Å². The van der Waals surface area contributed by atoms with Crippen LogP contribution in [-0.4, -0.2) is 25.0 Å². The molecule has 1 aliphatic heterocycles. The first-order chi connectivity index (χ1) is 15.9. The summed E-state index contributed by atoms with van der Waals surface area (Å²) in [6.45, 7) is 5.79. The molecule has 0 fully saturated rings. The first-order valence-corrected chi connectivity index (χ1v) is 10.8. The number of carbonyl (C=O) groups is 2. The minimum atomic E-state index is -0.419. The SMILES string of the molecule is COc1ccccc1C1=C(Nc2ccc(OC(C)C)cc2)C(=O)N(c2ccccc2C)C1=O. The summed E-state index contributed by atoms with van der Waals surface area (Å²) in [6.07, 6.45) is 0.0559. The van der Waals surface area contributed by atoms with Gasteiger partial charge in [-0.3, -0.25) is 9.59 Å². The minimum Gasteiger partial charge on any atom is -0.496 e. The summed E-state index contributed by atoms with van der Waals surface area (Å²) in [4.78, 5) is 28.5. The Balaban J connectivity index is 1.80. The Morgan fingerprint density at radius 2 is 1.52 bits per heavy atom. The van der Waals surface area contributed by atoms with Crippen LogP contribution in [0.4, 0.5) is 11.4 Å². The van der Waals surface area contributed by atoms with Crippen molar-refractivity contribution in [2.45, 2.75) is 26.9 Å². The minimum absolute atomic E-state index is 0.0559. The number of benzene rings is 3. The third-order valence-corrected chi connectivity index (χ3v) is 5.31. The van der Waals surface area contributed by atoms with E-state index >= 15 is 0 Å². The second-order valence-electron chi connectivity index (χ2n) is 8.00. The number of ether oxygens (including phenoxy) is 2. The number of aryl methyl sites for hydroxylation is 1. The van der Waals surface area contributed by atoms with Gasteiger partial charge in [0.2, 0.25) is 0 Å². The largest absolute Gasteiger partial charge is 0.496 e. The van der Waals surface area contributed by atoms with E-state index in [4.69, 9.17) is 9.47 Å². The molecule has 3 aromatic carbocycles. The van der Waals surface area contributed by atoms with Gasteiger partial charge in [-0.2, -0.15) is 0 Å². The molecule has 2 amide bonds. The molecule has 6 heteroatoms. The molecule has 1 aliphatic rings. The van der Waals surface area contributed by atoms with Crippen LogP contribution in [0.3, 0.4) is 0 Å². The Bertz CT molecular complexity index is 1230. The van der Waals surface area contributed by atoms with Gasteiger partial charge in [-0.15, -0.1) is 0 Å². The number of hydrogen-bond acceptors (Lipinski definition) is 5. The molecule has 0 bridgehead atoms. The number of nitrogens with zero attached hydrogens (tertiary/aromatic N) is 1. The van der Waals surface area contributed by atoms with E-state index < -0.39 is 11.8 Å². The van der Waals surface area contributed by atoms with Gasteiger partial charge in [-0.25, -0.2) is 4.90 Å².